The second-order valence-corrected chi connectivity index (χ2v) is 2.62. The third-order valence-corrected chi connectivity index (χ3v) is 1.55. The van der Waals surface area contributed by atoms with Crippen LogP contribution in [0.1, 0.15) is 18.7 Å². The molecule has 0 spiro atoms. The Hall–Kier alpha value is -1.10. The van der Waals surface area contributed by atoms with Crippen LogP contribution in [0.4, 0.5) is 6.01 Å². The smallest absolute Gasteiger partial charge is 0.315 e. The van der Waals surface area contributed by atoms with Crippen LogP contribution in [0.15, 0.2) is 4.42 Å². The summed E-state index contributed by atoms with van der Waals surface area (Å²) in [6, 6.07) is 1.04. The standard InChI is InChI=1S/C6H10N4O/c7-3-5-9-10-6(11-5)8-4-1-2-4/h4H,1-3,7H2,(H,8,10). The van der Waals surface area contributed by atoms with Gasteiger partial charge in [-0.05, 0) is 12.8 Å². The molecule has 0 aromatic carbocycles. The number of rotatable bonds is 3. The molecule has 0 unspecified atom stereocenters. The quantitative estimate of drug-likeness (QED) is 0.645. The summed E-state index contributed by atoms with van der Waals surface area (Å²) >= 11 is 0. The van der Waals surface area contributed by atoms with Gasteiger partial charge < -0.3 is 15.5 Å². The number of nitrogens with one attached hydrogen (secondary N) is 1. The summed E-state index contributed by atoms with van der Waals surface area (Å²) in [5.74, 6) is 0.480. The molecule has 60 valence electrons. The summed E-state index contributed by atoms with van der Waals surface area (Å²) in [6.07, 6.45) is 2.39. The van der Waals surface area contributed by atoms with Gasteiger partial charge in [-0.3, -0.25) is 0 Å². The maximum absolute atomic E-state index is 5.29. The Kier molecular flexibility index (Phi) is 1.50. The van der Waals surface area contributed by atoms with E-state index in [1.54, 1.807) is 0 Å². The SMILES string of the molecule is NCc1nnc(NC2CC2)o1. The number of anilines is 1. The van der Waals surface area contributed by atoms with Gasteiger partial charge in [0.1, 0.15) is 0 Å². The van der Waals surface area contributed by atoms with Gasteiger partial charge in [-0.2, -0.15) is 0 Å². The fourth-order valence-electron chi connectivity index (χ4n) is 0.797. The van der Waals surface area contributed by atoms with E-state index in [4.69, 9.17) is 10.2 Å². The monoisotopic (exact) mass is 154 g/mol. The highest BCUT2D eigenvalue weighted by molar-refractivity contribution is 5.22. The lowest BCUT2D eigenvalue weighted by Gasteiger charge is -1.93. The minimum atomic E-state index is 0.305. The van der Waals surface area contributed by atoms with Crippen LogP contribution in [-0.4, -0.2) is 16.2 Å². The van der Waals surface area contributed by atoms with Crippen molar-refractivity contribution in [2.24, 2.45) is 5.73 Å². The van der Waals surface area contributed by atoms with Gasteiger partial charge in [0.05, 0.1) is 6.54 Å². The van der Waals surface area contributed by atoms with E-state index in [-0.39, 0.29) is 0 Å². The molecule has 0 bridgehead atoms. The summed E-state index contributed by atoms with van der Waals surface area (Å²) in [5.41, 5.74) is 5.29. The van der Waals surface area contributed by atoms with Crippen molar-refractivity contribution in [1.82, 2.24) is 10.2 Å². The molecule has 1 fully saturated rings. The highest BCUT2D eigenvalue weighted by atomic mass is 16.4. The molecule has 1 aromatic rings. The van der Waals surface area contributed by atoms with Crippen LogP contribution in [0.3, 0.4) is 0 Å². The van der Waals surface area contributed by atoms with E-state index in [0.29, 0.717) is 24.5 Å². The van der Waals surface area contributed by atoms with Crippen molar-refractivity contribution < 1.29 is 4.42 Å². The molecule has 5 heteroatoms. The highest BCUT2D eigenvalue weighted by Gasteiger charge is 2.22. The Bertz CT molecular complexity index is 242. The van der Waals surface area contributed by atoms with Crippen LogP contribution < -0.4 is 11.1 Å². The van der Waals surface area contributed by atoms with E-state index < -0.39 is 0 Å². The van der Waals surface area contributed by atoms with Crippen molar-refractivity contribution in [2.45, 2.75) is 25.4 Å². The Morgan fingerprint density at radius 1 is 1.55 bits per heavy atom. The first-order chi connectivity index (χ1) is 5.38. The van der Waals surface area contributed by atoms with Gasteiger partial charge in [-0.1, -0.05) is 5.10 Å². The normalized spacial score (nSPS) is 16.8. The van der Waals surface area contributed by atoms with Crippen LogP contribution in [0.2, 0.25) is 0 Å². The van der Waals surface area contributed by atoms with E-state index in [1.165, 1.54) is 12.8 Å². The van der Waals surface area contributed by atoms with Crippen molar-refractivity contribution in [3.8, 4) is 0 Å². The predicted octanol–water partition coefficient (Wildman–Crippen LogP) is 0.103. The van der Waals surface area contributed by atoms with E-state index in [9.17, 15) is 0 Å². The molecule has 1 aromatic heterocycles. The lowest BCUT2D eigenvalue weighted by Crippen LogP contribution is -2.00. The minimum Gasteiger partial charge on any atom is -0.407 e. The second-order valence-electron chi connectivity index (χ2n) is 2.62. The first kappa shape index (κ1) is 6.60. The van der Waals surface area contributed by atoms with Crippen molar-refractivity contribution in [3.05, 3.63) is 5.89 Å². The van der Waals surface area contributed by atoms with Gasteiger partial charge in [0.2, 0.25) is 5.89 Å². The average Bonchev–Trinajstić information content (AvgIpc) is 2.68. The van der Waals surface area contributed by atoms with Crippen LogP contribution in [0.25, 0.3) is 0 Å². The third-order valence-electron chi connectivity index (χ3n) is 1.55. The van der Waals surface area contributed by atoms with Gasteiger partial charge in [0.25, 0.3) is 0 Å². The maximum Gasteiger partial charge on any atom is 0.315 e. The van der Waals surface area contributed by atoms with Gasteiger partial charge in [0.15, 0.2) is 0 Å². The fraction of sp³-hybridized carbons (Fsp3) is 0.667. The van der Waals surface area contributed by atoms with Gasteiger partial charge in [0, 0.05) is 6.04 Å². The predicted molar refractivity (Wildman–Crippen MR) is 38.8 cm³/mol. The first-order valence-corrected chi connectivity index (χ1v) is 3.67. The largest absolute Gasteiger partial charge is 0.407 e. The molecule has 2 rings (SSSR count). The number of hydrogen-bond donors (Lipinski definition) is 2. The topological polar surface area (TPSA) is 77.0 Å². The van der Waals surface area contributed by atoms with Crippen LogP contribution in [0, 0.1) is 0 Å². The molecule has 5 nitrogen and oxygen atoms in total. The van der Waals surface area contributed by atoms with E-state index in [2.05, 4.69) is 15.5 Å². The Morgan fingerprint density at radius 3 is 2.91 bits per heavy atom. The lowest BCUT2D eigenvalue weighted by atomic mass is 10.7. The van der Waals surface area contributed by atoms with E-state index >= 15 is 0 Å². The highest BCUT2D eigenvalue weighted by Crippen LogP contribution is 2.23. The zero-order valence-electron chi connectivity index (χ0n) is 6.08. The Morgan fingerprint density at radius 2 is 2.36 bits per heavy atom. The Labute approximate surface area is 64.0 Å². The number of hydrogen-bond acceptors (Lipinski definition) is 5. The summed E-state index contributed by atoms with van der Waals surface area (Å²) in [5, 5.41) is 10.5. The van der Waals surface area contributed by atoms with Crippen molar-refractivity contribution in [2.75, 3.05) is 5.32 Å². The number of nitrogens with zero attached hydrogens (tertiary/aromatic N) is 2. The van der Waals surface area contributed by atoms with E-state index in [1.807, 2.05) is 0 Å². The van der Waals surface area contributed by atoms with Crippen LogP contribution >= 0.6 is 0 Å². The zero-order valence-corrected chi connectivity index (χ0v) is 6.08. The molecule has 0 aliphatic heterocycles. The lowest BCUT2D eigenvalue weighted by molar-refractivity contribution is 0.507. The number of nitrogens with two attached hydrogens (primary N) is 1. The first-order valence-electron chi connectivity index (χ1n) is 3.67. The molecule has 1 aliphatic rings. The zero-order chi connectivity index (χ0) is 7.68. The van der Waals surface area contributed by atoms with E-state index in [0.717, 1.165) is 0 Å². The molecule has 1 aliphatic carbocycles. The molecule has 1 saturated carbocycles. The van der Waals surface area contributed by atoms with Gasteiger partial charge >= 0.3 is 6.01 Å². The van der Waals surface area contributed by atoms with Crippen LogP contribution in [0.5, 0.6) is 0 Å². The number of aromatic nitrogens is 2. The molecular formula is C6H10N4O. The maximum atomic E-state index is 5.29. The minimum absolute atomic E-state index is 0.305. The molecule has 0 radical (unpaired) electrons. The molecular weight excluding hydrogens is 144 g/mol. The van der Waals surface area contributed by atoms with Gasteiger partial charge in [-0.15, -0.1) is 5.10 Å². The molecule has 0 atom stereocenters. The van der Waals surface area contributed by atoms with Crippen molar-refractivity contribution in [1.29, 1.82) is 0 Å². The summed E-state index contributed by atoms with van der Waals surface area (Å²) in [7, 11) is 0. The van der Waals surface area contributed by atoms with Crippen LogP contribution in [-0.2, 0) is 6.54 Å². The summed E-state index contributed by atoms with van der Waals surface area (Å²) in [6.45, 7) is 0.305. The third kappa shape index (κ3) is 1.48. The molecule has 3 N–H and O–H groups in total. The fourth-order valence-corrected chi connectivity index (χ4v) is 0.797. The summed E-state index contributed by atoms with van der Waals surface area (Å²) < 4.78 is 5.13. The van der Waals surface area contributed by atoms with Crippen molar-refractivity contribution >= 4 is 6.01 Å². The van der Waals surface area contributed by atoms with Gasteiger partial charge in [-0.25, -0.2) is 0 Å². The summed E-state index contributed by atoms with van der Waals surface area (Å²) in [4.78, 5) is 0. The van der Waals surface area contributed by atoms with Crippen molar-refractivity contribution in [3.63, 3.8) is 0 Å². The molecule has 1 heterocycles. The molecule has 0 saturated heterocycles. The average molecular weight is 154 g/mol. The Balaban J connectivity index is 1.99. The second kappa shape index (κ2) is 2.50. The molecule has 11 heavy (non-hydrogen) atoms. The molecule has 0 amide bonds.